The van der Waals surface area contributed by atoms with Crippen LogP contribution in [0.25, 0.3) is 0 Å². The van der Waals surface area contributed by atoms with Gasteiger partial charge >= 0.3 is 0 Å². The van der Waals surface area contributed by atoms with Gasteiger partial charge < -0.3 is 5.32 Å². The average molecular weight is 384 g/mol. The van der Waals surface area contributed by atoms with E-state index in [0.29, 0.717) is 5.71 Å². The zero-order chi connectivity index (χ0) is 16.1. The summed E-state index contributed by atoms with van der Waals surface area (Å²) in [5.41, 5.74) is 4.31. The van der Waals surface area contributed by atoms with Crippen molar-refractivity contribution in [1.82, 2.24) is 5.43 Å². The molecule has 0 bridgehead atoms. The van der Waals surface area contributed by atoms with Gasteiger partial charge in [-0.25, -0.2) is 8.78 Å². The van der Waals surface area contributed by atoms with Crippen molar-refractivity contribution in [1.29, 1.82) is 0 Å². The van der Waals surface area contributed by atoms with Gasteiger partial charge in [-0.3, -0.25) is 5.43 Å². The van der Waals surface area contributed by atoms with Gasteiger partial charge in [0.2, 0.25) is 0 Å². The minimum absolute atomic E-state index is 0.0765. The second-order valence-corrected chi connectivity index (χ2v) is 5.63. The first-order valence-electron chi connectivity index (χ1n) is 6.28. The molecule has 0 aliphatic carbocycles. The lowest BCUT2D eigenvalue weighted by Crippen LogP contribution is -2.25. The molecule has 3 nitrogen and oxygen atoms in total. The number of rotatable bonds is 3. The molecule has 0 aliphatic rings. The Kier molecular flexibility index (Phi) is 5.57. The largest absolute Gasteiger partial charge is 0.329 e. The molecule has 0 aromatic heterocycles. The van der Waals surface area contributed by atoms with Crippen LogP contribution in [-0.2, 0) is 0 Å². The first-order valence-corrected chi connectivity index (χ1v) is 7.48. The van der Waals surface area contributed by atoms with E-state index in [9.17, 15) is 8.78 Å². The van der Waals surface area contributed by atoms with Crippen molar-refractivity contribution in [2.75, 3.05) is 5.32 Å². The molecule has 0 atom stereocenters. The molecule has 2 rings (SSSR count). The van der Waals surface area contributed by atoms with E-state index < -0.39 is 11.6 Å². The fourth-order valence-electron chi connectivity index (χ4n) is 1.69. The maximum absolute atomic E-state index is 13.5. The van der Waals surface area contributed by atoms with E-state index in [1.807, 2.05) is 31.2 Å². The summed E-state index contributed by atoms with van der Waals surface area (Å²) in [6, 6.07) is 10.8. The lowest BCUT2D eigenvalue weighted by atomic mass is 10.1. The topological polar surface area (TPSA) is 36.4 Å². The van der Waals surface area contributed by atoms with Crippen LogP contribution in [0.5, 0.6) is 0 Å². The highest BCUT2D eigenvalue weighted by Gasteiger charge is 2.06. The summed E-state index contributed by atoms with van der Waals surface area (Å²) < 4.78 is 27.2. The van der Waals surface area contributed by atoms with Crippen LogP contribution in [-0.4, -0.2) is 10.8 Å². The highest BCUT2D eigenvalue weighted by Crippen LogP contribution is 2.17. The standard InChI is InChI=1S/C15H12BrF2N3S/c1-9(11-4-2-3-5-12(11)16)20-21-15(22)19-14-7-6-10(17)8-13(14)18/h2-8H,1H3,(H2,19,21,22)/b20-9-. The quantitative estimate of drug-likeness (QED) is 0.467. The number of hydrazone groups is 1. The Morgan fingerprint density at radius 1 is 1.18 bits per heavy atom. The van der Waals surface area contributed by atoms with E-state index in [1.165, 1.54) is 6.07 Å². The van der Waals surface area contributed by atoms with Crippen molar-refractivity contribution < 1.29 is 8.78 Å². The number of nitrogens with one attached hydrogen (secondary N) is 2. The fourth-order valence-corrected chi connectivity index (χ4v) is 2.42. The Hall–Kier alpha value is -1.86. The number of thiocarbonyl (C=S) groups is 1. The van der Waals surface area contributed by atoms with Crippen LogP contribution >= 0.6 is 28.1 Å². The summed E-state index contributed by atoms with van der Waals surface area (Å²) >= 11 is 8.46. The smallest absolute Gasteiger partial charge is 0.191 e. The van der Waals surface area contributed by atoms with Crippen molar-refractivity contribution in [3.8, 4) is 0 Å². The average Bonchev–Trinajstić information content (AvgIpc) is 2.48. The lowest BCUT2D eigenvalue weighted by Gasteiger charge is -2.09. The highest BCUT2D eigenvalue weighted by atomic mass is 79.9. The predicted molar refractivity (Wildman–Crippen MR) is 92.1 cm³/mol. The molecule has 0 radical (unpaired) electrons. The molecule has 0 amide bonds. The Balaban J connectivity index is 2.03. The molecular formula is C15H12BrF2N3S. The van der Waals surface area contributed by atoms with Crippen molar-refractivity contribution in [3.05, 3.63) is 64.1 Å². The monoisotopic (exact) mass is 383 g/mol. The van der Waals surface area contributed by atoms with Crippen LogP contribution < -0.4 is 10.7 Å². The highest BCUT2D eigenvalue weighted by molar-refractivity contribution is 9.10. The van der Waals surface area contributed by atoms with E-state index in [-0.39, 0.29) is 10.8 Å². The Bertz CT molecular complexity index is 734. The molecule has 0 unspecified atom stereocenters. The SMILES string of the molecule is C/C(=N/NC(=S)Nc1ccc(F)cc1F)c1ccccc1Br. The summed E-state index contributed by atoms with van der Waals surface area (Å²) in [6.07, 6.45) is 0. The molecule has 2 aromatic carbocycles. The maximum atomic E-state index is 13.5. The second-order valence-electron chi connectivity index (χ2n) is 4.37. The number of hydrogen-bond donors (Lipinski definition) is 2. The van der Waals surface area contributed by atoms with Gasteiger partial charge in [0.25, 0.3) is 0 Å². The van der Waals surface area contributed by atoms with Crippen LogP contribution in [0, 0.1) is 11.6 Å². The molecule has 0 fully saturated rings. The summed E-state index contributed by atoms with van der Waals surface area (Å²) in [5, 5.41) is 6.86. The van der Waals surface area contributed by atoms with Crippen molar-refractivity contribution in [3.63, 3.8) is 0 Å². The molecule has 7 heteroatoms. The molecule has 0 spiro atoms. The van der Waals surface area contributed by atoms with Crippen molar-refractivity contribution in [2.24, 2.45) is 5.10 Å². The number of hydrogen-bond acceptors (Lipinski definition) is 2. The van der Waals surface area contributed by atoms with E-state index in [4.69, 9.17) is 12.2 Å². The summed E-state index contributed by atoms with van der Waals surface area (Å²) in [6.45, 7) is 1.81. The molecule has 114 valence electrons. The minimum atomic E-state index is -0.726. The van der Waals surface area contributed by atoms with Gasteiger partial charge in [0.05, 0.1) is 11.4 Å². The molecule has 0 saturated heterocycles. The second kappa shape index (κ2) is 7.42. The lowest BCUT2D eigenvalue weighted by molar-refractivity contribution is 0.586. The number of nitrogens with zero attached hydrogens (tertiary/aromatic N) is 1. The third kappa shape index (κ3) is 4.32. The maximum Gasteiger partial charge on any atom is 0.191 e. The fraction of sp³-hybridized carbons (Fsp3) is 0.0667. The van der Waals surface area contributed by atoms with E-state index >= 15 is 0 Å². The molecule has 2 N–H and O–H groups in total. The van der Waals surface area contributed by atoms with Crippen LogP contribution in [0.2, 0.25) is 0 Å². The molecule has 22 heavy (non-hydrogen) atoms. The number of benzene rings is 2. The summed E-state index contributed by atoms with van der Waals surface area (Å²) in [7, 11) is 0. The van der Waals surface area contributed by atoms with Crippen LogP contribution in [0.1, 0.15) is 12.5 Å². The normalized spacial score (nSPS) is 11.2. The van der Waals surface area contributed by atoms with Gasteiger partial charge in [-0.2, -0.15) is 5.10 Å². The van der Waals surface area contributed by atoms with Crippen LogP contribution in [0.4, 0.5) is 14.5 Å². The Morgan fingerprint density at radius 3 is 2.59 bits per heavy atom. The zero-order valence-corrected chi connectivity index (χ0v) is 13.9. The third-order valence-electron chi connectivity index (χ3n) is 2.77. The summed E-state index contributed by atoms with van der Waals surface area (Å²) in [4.78, 5) is 0. The molecular weight excluding hydrogens is 372 g/mol. The van der Waals surface area contributed by atoms with Crippen LogP contribution in [0.3, 0.4) is 0 Å². The van der Waals surface area contributed by atoms with Gasteiger partial charge in [-0.15, -0.1) is 0 Å². The van der Waals surface area contributed by atoms with E-state index in [0.717, 1.165) is 22.2 Å². The first-order chi connectivity index (χ1) is 10.5. The number of anilines is 1. The van der Waals surface area contributed by atoms with Gasteiger partial charge in [0.15, 0.2) is 5.11 Å². The molecule has 0 heterocycles. The van der Waals surface area contributed by atoms with Crippen molar-refractivity contribution >= 4 is 44.7 Å². The van der Waals surface area contributed by atoms with E-state index in [1.54, 1.807) is 0 Å². The number of halogens is 3. The summed E-state index contributed by atoms with van der Waals surface area (Å²) in [5.74, 6) is -1.37. The van der Waals surface area contributed by atoms with Crippen molar-refractivity contribution in [2.45, 2.75) is 6.92 Å². The van der Waals surface area contributed by atoms with Gasteiger partial charge in [0, 0.05) is 16.1 Å². The minimum Gasteiger partial charge on any atom is -0.329 e. The predicted octanol–water partition coefficient (Wildman–Crippen LogP) is 4.44. The Labute approximate surface area is 140 Å². The van der Waals surface area contributed by atoms with Gasteiger partial charge in [-0.1, -0.05) is 34.1 Å². The van der Waals surface area contributed by atoms with Gasteiger partial charge in [-0.05, 0) is 37.3 Å². The molecule has 2 aromatic rings. The third-order valence-corrected chi connectivity index (χ3v) is 3.65. The van der Waals surface area contributed by atoms with Crippen LogP contribution in [0.15, 0.2) is 52.0 Å². The molecule has 0 aliphatic heterocycles. The first kappa shape index (κ1) is 16.5. The van der Waals surface area contributed by atoms with Gasteiger partial charge in [0.1, 0.15) is 11.6 Å². The zero-order valence-electron chi connectivity index (χ0n) is 11.5. The Morgan fingerprint density at radius 2 is 1.91 bits per heavy atom. The van der Waals surface area contributed by atoms with E-state index in [2.05, 4.69) is 31.8 Å². The molecule has 0 saturated carbocycles.